The zero-order valence-corrected chi connectivity index (χ0v) is 20.3. The third-order valence-corrected chi connectivity index (χ3v) is 4.77. The number of benzene rings is 1. The Balaban J connectivity index is 3.14. The van der Waals surface area contributed by atoms with Gasteiger partial charge in [-0.15, -0.1) is 0 Å². The van der Waals surface area contributed by atoms with Crippen LogP contribution in [0.3, 0.4) is 0 Å². The number of aryl methyl sites for hydroxylation is 1. The van der Waals surface area contributed by atoms with Crippen LogP contribution in [0.15, 0.2) is 18.2 Å². The number of hydrogen-bond acceptors (Lipinski definition) is 5. The molecule has 1 aromatic carbocycles. The lowest BCUT2D eigenvalue weighted by Crippen LogP contribution is -2.48. The van der Waals surface area contributed by atoms with Crippen LogP contribution in [0.25, 0.3) is 0 Å². The average molecular weight is 450 g/mol. The molecule has 0 heterocycles. The number of amides is 3. The largest absolute Gasteiger partial charge is 0.507 e. The van der Waals surface area contributed by atoms with Gasteiger partial charge in [0.25, 0.3) is 0 Å². The second-order valence-electron chi connectivity index (χ2n) is 8.86. The van der Waals surface area contributed by atoms with Gasteiger partial charge in [0.05, 0.1) is 0 Å². The van der Waals surface area contributed by atoms with E-state index in [1.165, 1.54) is 4.90 Å². The zero-order chi connectivity index (χ0) is 24.3. The van der Waals surface area contributed by atoms with E-state index in [0.29, 0.717) is 24.1 Å². The van der Waals surface area contributed by atoms with Crippen molar-refractivity contribution in [2.75, 3.05) is 19.6 Å². The van der Waals surface area contributed by atoms with E-state index in [0.717, 1.165) is 19.3 Å². The van der Waals surface area contributed by atoms with E-state index in [9.17, 15) is 19.5 Å². The van der Waals surface area contributed by atoms with Crippen LogP contribution in [0.4, 0.5) is 4.79 Å². The van der Waals surface area contributed by atoms with E-state index in [1.54, 1.807) is 45.9 Å². The van der Waals surface area contributed by atoms with Crippen LogP contribution in [0.1, 0.15) is 77.5 Å². The summed E-state index contributed by atoms with van der Waals surface area (Å²) in [5.74, 6) is -0.816. The molecule has 180 valence electrons. The smallest absolute Gasteiger partial charge is 0.408 e. The SMILES string of the molecule is CCCCCNC(=O)C(c1cccc(C)c1O)N(CCC)C(=O)CNC(=O)OC(C)(C)C. The van der Waals surface area contributed by atoms with Crippen molar-refractivity contribution in [3.8, 4) is 5.75 Å². The minimum absolute atomic E-state index is 0.0183. The van der Waals surface area contributed by atoms with Crippen molar-refractivity contribution < 1.29 is 24.2 Å². The Bertz CT molecular complexity index is 773. The fourth-order valence-corrected chi connectivity index (χ4v) is 3.24. The summed E-state index contributed by atoms with van der Waals surface area (Å²) in [5.41, 5.74) is 0.281. The molecule has 0 aromatic heterocycles. The first-order chi connectivity index (χ1) is 15.0. The molecule has 0 spiro atoms. The summed E-state index contributed by atoms with van der Waals surface area (Å²) in [6.45, 7) is 11.4. The number of rotatable bonds is 11. The zero-order valence-electron chi connectivity index (χ0n) is 20.3. The molecule has 0 bridgehead atoms. The molecule has 1 unspecified atom stereocenters. The lowest BCUT2D eigenvalue weighted by molar-refractivity contribution is -0.140. The predicted octanol–water partition coefficient (Wildman–Crippen LogP) is 3.81. The molecule has 3 amide bonds. The first kappa shape index (κ1) is 27.3. The highest BCUT2D eigenvalue weighted by Gasteiger charge is 2.33. The van der Waals surface area contributed by atoms with Gasteiger partial charge in [0, 0.05) is 18.7 Å². The lowest BCUT2D eigenvalue weighted by atomic mass is 9.99. The maximum Gasteiger partial charge on any atom is 0.408 e. The number of phenols is 1. The van der Waals surface area contributed by atoms with Gasteiger partial charge in [0.2, 0.25) is 11.8 Å². The van der Waals surface area contributed by atoms with Crippen LogP contribution in [0.2, 0.25) is 0 Å². The quantitative estimate of drug-likeness (QED) is 0.445. The fraction of sp³-hybridized carbons (Fsp3) is 0.625. The number of phenolic OH excluding ortho intramolecular Hbond substituents is 1. The van der Waals surface area contributed by atoms with Gasteiger partial charge in [0.1, 0.15) is 23.9 Å². The molecule has 0 saturated heterocycles. The normalized spacial score (nSPS) is 12.1. The van der Waals surface area contributed by atoms with Crippen molar-refractivity contribution >= 4 is 17.9 Å². The van der Waals surface area contributed by atoms with Gasteiger partial charge in [-0.3, -0.25) is 9.59 Å². The Morgan fingerprint density at radius 3 is 2.38 bits per heavy atom. The molecular formula is C24H39N3O5. The Kier molecular flexibility index (Phi) is 11.0. The number of aromatic hydroxyl groups is 1. The van der Waals surface area contributed by atoms with Crippen LogP contribution in [0.5, 0.6) is 5.75 Å². The third-order valence-electron chi connectivity index (χ3n) is 4.77. The van der Waals surface area contributed by atoms with Crippen molar-refractivity contribution in [3.63, 3.8) is 0 Å². The van der Waals surface area contributed by atoms with Crippen LogP contribution in [-0.2, 0) is 14.3 Å². The third kappa shape index (κ3) is 8.77. The molecule has 3 N–H and O–H groups in total. The number of nitrogens with zero attached hydrogens (tertiary/aromatic N) is 1. The fourth-order valence-electron chi connectivity index (χ4n) is 3.24. The molecular weight excluding hydrogens is 410 g/mol. The maximum atomic E-state index is 13.2. The Morgan fingerprint density at radius 1 is 1.09 bits per heavy atom. The van der Waals surface area contributed by atoms with Gasteiger partial charge in [-0.2, -0.15) is 0 Å². The number of nitrogens with one attached hydrogen (secondary N) is 2. The van der Waals surface area contributed by atoms with Crippen LogP contribution < -0.4 is 10.6 Å². The van der Waals surface area contributed by atoms with E-state index in [-0.39, 0.29) is 24.7 Å². The van der Waals surface area contributed by atoms with E-state index < -0.39 is 23.6 Å². The van der Waals surface area contributed by atoms with E-state index >= 15 is 0 Å². The summed E-state index contributed by atoms with van der Waals surface area (Å²) in [4.78, 5) is 39.7. The van der Waals surface area contributed by atoms with Gasteiger partial charge in [-0.05, 0) is 46.1 Å². The highest BCUT2D eigenvalue weighted by molar-refractivity contribution is 5.91. The van der Waals surface area contributed by atoms with Crippen LogP contribution in [0, 0.1) is 6.92 Å². The second-order valence-corrected chi connectivity index (χ2v) is 8.86. The van der Waals surface area contributed by atoms with Crippen molar-refractivity contribution in [2.24, 2.45) is 0 Å². The Morgan fingerprint density at radius 2 is 1.78 bits per heavy atom. The number of ether oxygens (including phenoxy) is 1. The van der Waals surface area contributed by atoms with Crippen molar-refractivity contribution in [1.82, 2.24) is 15.5 Å². The number of unbranched alkanes of at least 4 members (excludes halogenated alkanes) is 2. The molecule has 1 atom stereocenters. The number of alkyl carbamates (subject to hydrolysis) is 1. The summed E-state index contributed by atoms with van der Waals surface area (Å²) in [5, 5.41) is 16.0. The van der Waals surface area contributed by atoms with Gasteiger partial charge in [-0.25, -0.2) is 4.79 Å². The molecule has 8 heteroatoms. The maximum absolute atomic E-state index is 13.2. The number of carbonyl (C=O) groups excluding carboxylic acids is 3. The number of para-hydroxylation sites is 1. The van der Waals surface area contributed by atoms with E-state index in [1.807, 2.05) is 6.92 Å². The van der Waals surface area contributed by atoms with E-state index in [4.69, 9.17) is 4.74 Å². The molecule has 0 aliphatic heterocycles. The number of hydrogen-bond donors (Lipinski definition) is 3. The van der Waals surface area contributed by atoms with Gasteiger partial charge in [0.15, 0.2) is 0 Å². The lowest BCUT2D eigenvalue weighted by Gasteiger charge is -2.32. The molecule has 1 rings (SSSR count). The summed E-state index contributed by atoms with van der Waals surface area (Å²) in [6.07, 6.45) is 2.73. The molecule has 0 fully saturated rings. The summed E-state index contributed by atoms with van der Waals surface area (Å²) >= 11 is 0. The van der Waals surface area contributed by atoms with Gasteiger partial charge < -0.3 is 25.4 Å². The van der Waals surface area contributed by atoms with Crippen molar-refractivity contribution in [1.29, 1.82) is 0 Å². The molecule has 0 aliphatic carbocycles. The summed E-state index contributed by atoms with van der Waals surface area (Å²) in [6, 6.07) is 4.13. The topological polar surface area (TPSA) is 108 Å². The highest BCUT2D eigenvalue weighted by atomic mass is 16.6. The average Bonchev–Trinajstić information content (AvgIpc) is 2.70. The van der Waals surface area contributed by atoms with Crippen molar-refractivity contribution in [2.45, 2.75) is 78.9 Å². The monoisotopic (exact) mass is 449 g/mol. The summed E-state index contributed by atoms with van der Waals surface area (Å²) in [7, 11) is 0. The minimum Gasteiger partial charge on any atom is -0.507 e. The molecule has 1 aromatic rings. The molecule has 0 saturated carbocycles. The first-order valence-electron chi connectivity index (χ1n) is 11.3. The number of carbonyl (C=O) groups is 3. The van der Waals surface area contributed by atoms with Crippen molar-refractivity contribution in [3.05, 3.63) is 29.3 Å². The summed E-state index contributed by atoms with van der Waals surface area (Å²) < 4.78 is 5.19. The van der Waals surface area contributed by atoms with E-state index in [2.05, 4.69) is 17.6 Å². The van der Waals surface area contributed by atoms with Crippen LogP contribution >= 0.6 is 0 Å². The van der Waals surface area contributed by atoms with Crippen LogP contribution in [-0.4, -0.2) is 53.1 Å². The highest BCUT2D eigenvalue weighted by Crippen LogP contribution is 2.32. The Labute approximate surface area is 191 Å². The predicted molar refractivity (Wildman–Crippen MR) is 124 cm³/mol. The standard InChI is InChI=1S/C24H39N3O5/c1-7-9-10-14-25-22(30)20(18-13-11-12-17(3)21(18)29)27(15-8-2)19(28)16-26-23(31)32-24(4,5)6/h11-13,20,29H,7-10,14-16H2,1-6H3,(H,25,30)(H,26,31). The first-order valence-corrected chi connectivity index (χ1v) is 11.3. The van der Waals surface area contributed by atoms with Gasteiger partial charge in [-0.1, -0.05) is 44.9 Å². The second kappa shape index (κ2) is 12.9. The molecule has 32 heavy (non-hydrogen) atoms. The molecule has 8 nitrogen and oxygen atoms in total. The minimum atomic E-state index is -1.01. The molecule has 0 aliphatic rings. The van der Waals surface area contributed by atoms with Gasteiger partial charge >= 0.3 is 6.09 Å². The Hall–Kier alpha value is -2.77. The molecule has 0 radical (unpaired) electrons.